The molecule has 0 radical (unpaired) electrons. The number of ether oxygens (including phenoxy) is 1. The third kappa shape index (κ3) is 4.18. The Hall–Kier alpha value is -2.26. The Bertz CT molecular complexity index is 682. The molecule has 9 heteroatoms. The number of morpholine rings is 1. The molecule has 1 fully saturated rings. The van der Waals surface area contributed by atoms with Gasteiger partial charge >= 0.3 is 0 Å². The van der Waals surface area contributed by atoms with Gasteiger partial charge in [0.15, 0.2) is 5.82 Å². The van der Waals surface area contributed by atoms with Gasteiger partial charge in [-0.15, -0.1) is 0 Å². The topological polar surface area (TPSA) is 109 Å². The fraction of sp³-hybridized carbons (Fsp3) is 0.600. The first-order valence-corrected chi connectivity index (χ1v) is 8.12. The van der Waals surface area contributed by atoms with Crippen molar-refractivity contribution >= 4 is 11.8 Å². The highest BCUT2D eigenvalue weighted by Crippen LogP contribution is 2.19. The Morgan fingerprint density at radius 1 is 1.54 bits per heavy atom. The number of aromatic nitrogens is 4. The molecule has 1 saturated heterocycles. The van der Waals surface area contributed by atoms with E-state index in [1.54, 1.807) is 13.0 Å². The molecule has 2 aromatic heterocycles. The van der Waals surface area contributed by atoms with Gasteiger partial charge in [-0.05, 0) is 13.3 Å². The smallest absolute Gasteiger partial charge is 0.240 e. The monoisotopic (exact) mass is 334 g/mol. The zero-order chi connectivity index (χ0) is 16.9. The lowest BCUT2D eigenvalue weighted by Gasteiger charge is -2.30. The summed E-state index contributed by atoms with van der Waals surface area (Å²) in [5.74, 6) is 1.73. The summed E-state index contributed by atoms with van der Waals surface area (Å²) in [5.41, 5.74) is 0.726. The van der Waals surface area contributed by atoms with Crippen molar-refractivity contribution in [1.82, 2.24) is 25.2 Å². The van der Waals surface area contributed by atoms with Crippen molar-refractivity contribution in [3.8, 4) is 0 Å². The largest absolute Gasteiger partial charge is 0.367 e. The van der Waals surface area contributed by atoms with E-state index in [0.717, 1.165) is 24.4 Å². The Balaban J connectivity index is 1.53. The second kappa shape index (κ2) is 7.54. The second-order valence-electron chi connectivity index (χ2n) is 5.87. The summed E-state index contributed by atoms with van der Waals surface area (Å²) in [4.78, 5) is 18.6. The van der Waals surface area contributed by atoms with Gasteiger partial charge in [0.25, 0.3) is 0 Å². The van der Waals surface area contributed by atoms with Gasteiger partial charge in [0.05, 0.1) is 18.8 Å². The predicted octanol–water partition coefficient (Wildman–Crippen LogP) is 1.07. The minimum Gasteiger partial charge on any atom is -0.367 e. The Morgan fingerprint density at radius 2 is 2.42 bits per heavy atom. The number of rotatable bonds is 6. The summed E-state index contributed by atoms with van der Waals surface area (Å²) >= 11 is 0. The average molecular weight is 334 g/mol. The molecule has 0 spiro atoms. The molecule has 3 rings (SSSR count). The molecule has 0 aliphatic carbocycles. The first-order valence-electron chi connectivity index (χ1n) is 8.12. The number of carbonyl (C=O) groups excluding carboxylic acids is 1. The maximum atomic E-state index is 12.1. The van der Waals surface area contributed by atoms with Gasteiger partial charge in [0.1, 0.15) is 11.9 Å². The fourth-order valence-corrected chi connectivity index (χ4v) is 2.61. The highest BCUT2D eigenvalue weighted by molar-refractivity contribution is 5.90. The minimum atomic E-state index is -0.221. The van der Waals surface area contributed by atoms with E-state index in [0.29, 0.717) is 31.4 Å². The summed E-state index contributed by atoms with van der Waals surface area (Å²) in [7, 11) is 0. The van der Waals surface area contributed by atoms with Crippen molar-refractivity contribution in [2.24, 2.45) is 0 Å². The number of H-pyrrole nitrogens is 1. The zero-order valence-electron chi connectivity index (χ0n) is 13.9. The van der Waals surface area contributed by atoms with Gasteiger partial charge in [-0.25, -0.2) is 4.98 Å². The summed E-state index contributed by atoms with van der Waals surface area (Å²) in [6, 6.07) is 1.68. The first kappa shape index (κ1) is 16.6. The van der Waals surface area contributed by atoms with E-state index in [1.807, 2.05) is 4.90 Å². The fourth-order valence-electron chi connectivity index (χ4n) is 2.61. The Morgan fingerprint density at radius 3 is 3.17 bits per heavy atom. The molecule has 1 aliphatic rings. The lowest BCUT2D eigenvalue weighted by Crippen LogP contribution is -2.42. The van der Waals surface area contributed by atoms with E-state index in [9.17, 15) is 4.79 Å². The molecule has 0 bridgehead atoms. The molecule has 3 heterocycles. The lowest BCUT2D eigenvalue weighted by atomic mass is 10.2. The molecule has 0 aromatic carbocycles. The number of hydrogen-bond acceptors (Lipinski definition) is 7. The van der Waals surface area contributed by atoms with Gasteiger partial charge in [-0.1, -0.05) is 12.1 Å². The number of hydrogen-bond donors (Lipinski definition) is 2. The number of aromatic amines is 1. The van der Waals surface area contributed by atoms with E-state index < -0.39 is 0 Å². The van der Waals surface area contributed by atoms with E-state index in [4.69, 9.17) is 9.26 Å². The van der Waals surface area contributed by atoms with Crippen LogP contribution in [-0.2, 0) is 16.0 Å². The van der Waals surface area contributed by atoms with Gasteiger partial charge < -0.3 is 9.26 Å². The third-order valence-corrected chi connectivity index (χ3v) is 3.73. The molecule has 0 saturated carbocycles. The number of amides is 1. The van der Waals surface area contributed by atoms with Crippen LogP contribution in [0.2, 0.25) is 0 Å². The average Bonchev–Trinajstić information content (AvgIpc) is 3.17. The summed E-state index contributed by atoms with van der Waals surface area (Å²) in [6.45, 7) is 5.95. The quantitative estimate of drug-likeness (QED) is 0.813. The van der Waals surface area contributed by atoms with E-state index in [2.05, 4.69) is 32.6 Å². The minimum absolute atomic E-state index is 0.145. The number of nitrogens with zero attached hydrogens (tertiary/aromatic N) is 4. The number of carbonyl (C=O) groups is 1. The number of aryl methyl sites for hydroxylation is 2. The van der Waals surface area contributed by atoms with Gasteiger partial charge in [-0.3, -0.25) is 20.1 Å². The third-order valence-electron chi connectivity index (χ3n) is 3.73. The van der Waals surface area contributed by atoms with Crippen LogP contribution in [0.25, 0.3) is 0 Å². The second-order valence-corrected chi connectivity index (χ2v) is 5.87. The van der Waals surface area contributed by atoms with Crippen LogP contribution < -0.4 is 5.32 Å². The van der Waals surface area contributed by atoms with Crippen molar-refractivity contribution in [2.75, 3.05) is 31.6 Å². The molecular weight excluding hydrogens is 312 g/mol. The van der Waals surface area contributed by atoms with Crippen molar-refractivity contribution in [1.29, 1.82) is 0 Å². The van der Waals surface area contributed by atoms with Gasteiger partial charge in [0, 0.05) is 25.6 Å². The molecule has 2 N–H and O–H groups in total. The summed E-state index contributed by atoms with van der Waals surface area (Å²) in [6.07, 6.45) is 1.65. The summed E-state index contributed by atoms with van der Waals surface area (Å²) in [5, 5.41) is 13.6. The molecule has 2 aromatic rings. The SMILES string of the molecule is CCCc1nc([C@H]2CN(CC(=O)Nc3cc(C)no3)CCO2)n[nH]1. The molecule has 1 atom stereocenters. The van der Waals surface area contributed by atoms with Crippen LogP contribution in [0.4, 0.5) is 5.88 Å². The van der Waals surface area contributed by atoms with E-state index in [-0.39, 0.29) is 18.6 Å². The molecule has 130 valence electrons. The molecule has 0 unspecified atom stereocenters. The number of nitrogens with one attached hydrogen (secondary N) is 2. The van der Waals surface area contributed by atoms with Crippen molar-refractivity contribution in [2.45, 2.75) is 32.8 Å². The van der Waals surface area contributed by atoms with Crippen LogP contribution in [0.3, 0.4) is 0 Å². The summed E-state index contributed by atoms with van der Waals surface area (Å²) < 4.78 is 10.7. The lowest BCUT2D eigenvalue weighted by molar-refractivity contribution is -0.119. The number of anilines is 1. The van der Waals surface area contributed by atoms with Crippen molar-refractivity contribution in [3.63, 3.8) is 0 Å². The van der Waals surface area contributed by atoms with Gasteiger partial charge in [0.2, 0.25) is 11.8 Å². The molecular formula is C15H22N6O3. The van der Waals surface area contributed by atoms with E-state index in [1.165, 1.54) is 0 Å². The van der Waals surface area contributed by atoms with Crippen LogP contribution in [0.1, 0.15) is 36.8 Å². The Labute approximate surface area is 139 Å². The maximum absolute atomic E-state index is 12.1. The standard InChI is InChI=1S/C15H22N6O3/c1-3-4-12-16-15(19-18-12)11-8-21(5-6-23-11)9-13(22)17-14-7-10(2)20-24-14/h7,11H,3-6,8-9H2,1-2H3,(H,17,22)(H,16,18,19)/t11-/m1/s1. The predicted molar refractivity (Wildman–Crippen MR) is 85.4 cm³/mol. The molecule has 9 nitrogen and oxygen atoms in total. The molecule has 24 heavy (non-hydrogen) atoms. The van der Waals surface area contributed by atoms with E-state index >= 15 is 0 Å². The van der Waals surface area contributed by atoms with Gasteiger partial charge in [-0.2, -0.15) is 5.10 Å². The first-order chi connectivity index (χ1) is 11.6. The van der Waals surface area contributed by atoms with Crippen LogP contribution in [0.5, 0.6) is 0 Å². The van der Waals surface area contributed by atoms with Crippen LogP contribution in [0.15, 0.2) is 10.6 Å². The molecule has 1 aliphatic heterocycles. The highest BCUT2D eigenvalue weighted by Gasteiger charge is 2.26. The van der Waals surface area contributed by atoms with Crippen molar-refractivity contribution < 1.29 is 14.1 Å². The van der Waals surface area contributed by atoms with Crippen LogP contribution >= 0.6 is 0 Å². The van der Waals surface area contributed by atoms with Crippen molar-refractivity contribution in [3.05, 3.63) is 23.4 Å². The maximum Gasteiger partial charge on any atom is 0.240 e. The normalized spacial score (nSPS) is 18.7. The van der Waals surface area contributed by atoms with Crippen LogP contribution in [-0.4, -0.2) is 57.4 Å². The highest BCUT2D eigenvalue weighted by atomic mass is 16.5. The Kier molecular flexibility index (Phi) is 5.21. The zero-order valence-corrected chi connectivity index (χ0v) is 13.9. The van der Waals surface area contributed by atoms with Crippen LogP contribution in [0, 0.1) is 6.92 Å². The molecule has 1 amide bonds.